The van der Waals surface area contributed by atoms with Crippen molar-refractivity contribution in [2.45, 2.75) is 29.4 Å². The standard InChI is InChI=1S/C24H21FN2O5S/c25-14-5-9-16(10-6-14)27-21(28)13-20(23(27)30)33-17-11-7-15(8-12-17)26-22(29)18-3-1-2-4-19(18)24(31)32/h1-2,5-12,18-20H,3-4,13H2,(H,26,29)(H,31,32). The summed E-state index contributed by atoms with van der Waals surface area (Å²) >= 11 is 1.24. The number of carboxylic acid groups (broad SMARTS) is 1. The number of thioether (sulfide) groups is 1. The van der Waals surface area contributed by atoms with Crippen LogP contribution in [0.1, 0.15) is 19.3 Å². The van der Waals surface area contributed by atoms with Crippen LogP contribution in [0, 0.1) is 17.7 Å². The summed E-state index contributed by atoms with van der Waals surface area (Å²) in [6.45, 7) is 0. The minimum atomic E-state index is -0.989. The van der Waals surface area contributed by atoms with Crippen LogP contribution in [-0.2, 0) is 19.2 Å². The van der Waals surface area contributed by atoms with E-state index in [9.17, 15) is 28.7 Å². The van der Waals surface area contributed by atoms with Gasteiger partial charge in [0.25, 0.3) is 0 Å². The van der Waals surface area contributed by atoms with E-state index in [4.69, 9.17) is 0 Å². The van der Waals surface area contributed by atoms with Gasteiger partial charge in [-0.15, -0.1) is 11.8 Å². The zero-order chi connectivity index (χ0) is 23.5. The van der Waals surface area contributed by atoms with Gasteiger partial charge in [0, 0.05) is 17.0 Å². The molecule has 0 radical (unpaired) electrons. The van der Waals surface area contributed by atoms with E-state index in [0.717, 1.165) is 9.80 Å². The third-order valence-electron chi connectivity index (χ3n) is 5.68. The molecule has 2 aliphatic rings. The summed E-state index contributed by atoms with van der Waals surface area (Å²) in [5.41, 5.74) is 0.856. The maximum absolute atomic E-state index is 13.2. The van der Waals surface area contributed by atoms with Crippen LogP contribution in [0.15, 0.2) is 65.6 Å². The Hall–Kier alpha value is -3.46. The number of amides is 3. The molecule has 9 heteroatoms. The lowest BCUT2D eigenvalue weighted by Crippen LogP contribution is -2.34. The number of carboxylic acids is 1. The van der Waals surface area contributed by atoms with Crippen molar-refractivity contribution in [2.75, 3.05) is 10.2 Å². The molecule has 170 valence electrons. The Bertz CT molecular complexity index is 1120. The normalized spacial score (nSPS) is 22.5. The highest BCUT2D eigenvalue weighted by atomic mass is 32.2. The number of halogens is 1. The smallest absolute Gasteiger partial charge is 0.307 e. The number of rotatable bonds is 6. The fraction of sp³-hybridized carbons (Fsp3) is 0.250. The van der Waals surface area contributed by atoms with Crippen molar-refractivity contribution in [3.8, 4) is 0 Å². The zero-order valence-corrected chi connectivity index (χ0v) is 18.3. The predicted octanol–water partition coefficient (Wildman–Crippen LogP) is 3.86. The van der Waals surface area contributed by atoms with Crippen LogP contribution in [0.5, 0.6) is 0 Å². The van der Waals surface area contributed by atoms with Crippen LogP contribution in [-0.4, -0.2) is 34.0 Å². The monoisotopic (exact) mass is 468 g/mol. The van der Waals surface area contributed by atoms with Gasteiger partial charge >= 0.3 is 5.97 Å². The van der Waals surface area contributed by atoms with E-state index in [1.807, 2.05) is 6.08 Å². The molecule has 1 saturated heterocycles. The first-order valence-electron chi connectivity index (χ1n) is 10.4. The molecule has 1 aliphatic heterocycles. The third kappa shape index (κ3) is 4.98. The van der Waals surface area contributed by atoms with Crippen molar-refractivity contribution in [1.82, 2.24) is 0 Å². The van der Waals surface area contributed by atoms with Crippen molar-refractivity contribution in [3.05, 3.63) is 66.5 Å². The summed E-state index contributed by atoms with van der Waals surface area (Å²) in [4.78, 5) is 51.0. The summed E-state index contributed by atoms with van der Waals surface area (Å²) in [5, 5.41) is 11.5. The van der Waals surface area contributed by atoms with Gasteiger partial charge in [-0.05, 0) is 61.4 Å². The molecule has 33 heavy (non-hydrogen) atoms. The molecule has 0 spiro atoms. The molecule has 0 bridgehead atoms. The van der Waals surface area contributed by atoms with Gasteiger partial charge in [0.2, 0.25) is 17.7 Å². The third-order valence-corrected chi connectivity index (χ3v) is 6.87. The van der Waals surface area contributed by atoms with E-state index in [1.54, 1.807) is 30.3 Å². The molecule has 1 aliphatic carbocycles. The number of nitrogens with zero attached hydrogens (tertiary/aromatic N) is 1. The van der Waals surface area contributed by atoms with Crippen LogP contribution in [0.3, 0.4) is 0 Å². The van der Waals surface area contributed by atoms with Crippen molar-refractivity contribution in [3.63, 3.8) is 0 Å². The van der Waals surface area contributed by atoms with Crippen molar-refractivity contribution in [1.29, 1.82) is 0 Å². The van der Waals surface area contributed by atoms with Crippen LogP contribution in [0.2, 0.25) is 0 Å². The highest BCUT2D eigenvalue weighted by Gasteiger charge is 2.40. The summed E-state index contributed by atoms with van der Waals surface area (Å²) in [6.07, 6.45) is 4.33. The zero-order valence-electron chi connectivity index (χ0n) is 17.4. The molecule has 3 unspecified atom stereocenters. The number of anilines is 2. The lowest BCUT2D eigenvalue weighted by Gasteiger charge is -2.24. The molecule has 1 fully saturated rings. The molecule has 3 atom stereocenters. The topological polar surface area (TPSA) is 104 Å². The number of carbonyl (C=O) groups is 4. The van der Waals surface area contributed by atoms with E-state index < -0.39 is 28.9 Å². The molecule has 2 aromatic carbocycles. The number of carbonyl (C=O) groups excluding carboxylic acids is 3. The Morgan fingerprint density at radius 2 is 1.61 bits per heavy atom. The summed E-state index contributed by atoms with van der Waals surface area (Å²) in [6, 6.07) is 12.0. The minimum Gasteiger partial charge on any atom is -0.481 e. The summed E-state index contributed by atoms with van der Waals surface area (Å²) in [7, 11) is 0. The summed E-state index contributed by atoms with van der Waals surface area (Å²) in [5.74, 6) is -3.88. The van der Waals surface area contributed by atoms with Crippen molar-refractivity contribution in [2.24, 2.45) is 11.8 Å². The van der Waals surface area contributed by atoms with E-state index in [1.165, 1.54) is 36.0 Å². The molecular formula is C24H21FN2O5S. The van der Waals surface area contributed by atoms with E-state index >= 15 is 0 Å². The number of aliphatic carboxylic acids is 1. The Balaban J connectivity index is 1.39. The summed E-state index contributed by atoms with van der Waals surface area (Å²) < 4.78 is 13.2. The lowest BCUT2D eigenvalue weighted by atomic mass is 9.82. The second-order valence-electron chi connectivity index (χ2n) is 7.86. The van der Waals surface area contributed by atoms with E-state index in [0.29, 0.717) is 24.2 Å². The average Bonchev–Trinajstić information content (AvgIpc) is 3.08. The van der Waals surface area contributed by atoms with Crippen LogP contribution in [0.4, 0.5) is 15.8 Å². The Morgan fingerprint density at radius 3 is 2.24 bits per heavy atom. The Morgan fingerprint density at radius 1 is 0.970 bits per heavy atom. The van der Waals surface area contributed by atoms with Gasteiger partial charge in [0.05, 0.1) is 22.8 Å². The van der Waals surface area contributed by atoms with E-state index in [2.05, 4.69) is 5.32 Å². The molecule has 3 amide bonds. The number of hydrogen-bond acceptors (Lipinski definition) is 5. The highest BCUT2D eigenvalue weighted by Crippen LogP contribution is 2.34. The van der Waals surface area contributed by atoms with Gasteiger partial charge in [-0.1, -0.05) is 12.2 Å². The largest absolute Gasteiger partial charge is 0.481 e. The van der Waals surface area contributed by atoms with Gasteiger partial charge in [0.1, 0.15) is 5.82 Å². The second-order valence-corrected chi connectivity index (χ2v) is 9.14. The molecule has 0 saturated carbocycles. The molecule has 2 N–H and O–H groups in total. The quantitative estimate of drug-likeness (QED) is 0.493. The second kappa shape index (κ2) is 9.58. The first kappa shape index (κ1) is 22.7. The van der Waals surface area contributed by atoms with Crippen molar-refractivity contribution >= 4 is 46.8 Å². The predicted molar refractivity (Wildman–Crippen MR) is 121 cm³/mol. The molecule has 0 aromatic heterocycles. The van der Waals surface area contributed by atoms with Gasteiger partial charge in [-0.2, -0.15) is 0 Å². The highest BCUT2D eigenvalue weighted by molar-refractivity contribution is 8.00. The Labute approximate surface area is 193 Å². The first-order valence-corrected chi connectivity index (χ1v) is 11.3. The van der Waals surface area contributed by atoms with Gasteiger partial charge in [0.15, 0.2) is 0 Å². The maximum atomic E-state index is 13.2. The Kier molecular flexibility index (Phi) is 6.60. The molecule has 7 nitrogen and oxygen atoms in total. The fourth-order valence-corrected chi connectivity index (χ4v) is 5.00. The maximum Gasteiger partial charge on any atom is 0.307 e. The number of nitrogens with one attached hydrogen (secondary N) is 1. The van der Waals surface area contributed by atoms with Crippen LogP contribution < -0.4 is 10.2 Å². The molecule has 1 heterocycles. The average molecular weight is 469 g/mol. The van der Waals surface area contributed by atoms with Crippen LogP contribution in [0.25, 0.3) is 0 Å². The first-order chi connectivity index (χ1) is 15.8. The van der Waals surface area contributed by atoms with Crippen molar-refractivity contribution < 1.29 is 28.7 Å². The number of imide groups is 1. The molecule has 2 aromatic rings. The van der Waals surface area contributed by atoms with Gasteiger partial charge in [-0.3, -0.25) is 19.2 Å². The molecule has 4 rings (SSSR count). The van der Waals surface area contributed by atoms with Crippen LogP contribution >= 0.6 is 11.8 Å². The molecular weight excluding hydrogens is 447 g/mol. The minimum absolute atomic E-state index is 0.0329. The van der Waals surface area contributed by atoms with Gasteiger partial charge in [-0.25, -0.2) is 9.29 Å². The van der Waals surface area contributed by atoms with Gasteiger partial charge < -0.3 is 10.4 Å². The SMILES string of the molecule is O=C(O)C1CC=CCC1C(=O)Nc1ccc(SC2CC(=O)N(c3ccc(F)cc3)C2=O)cc1. The number of allylic oxidation sites excluding steroid dienone is 2. The number of benzene rings is 2. The van der Waals surface area contributed by atoms with E-state index in [-0.39, 0.29) is 24.1 Å². The number of hydrogen-bond donors (Lipinski definition) is 2. The lowest BCUT2D eigenvalue weighted by molar-refractivity contribution is -0.146. The fourth-order valence-electron chi connectivity index (χ4n) is 3.95.